The fraction of sp³-hybridized carbons (Fsp3) is 0.167. The number of hydrogen-bond acceptors (Lipinski definition) is 9. The number of carbonyl (C=O) groups is 2. The van der Waals surface area contributed by atoms with E-state index < -0.39 is 18.0 Å². The van der Waals surface area contributed by atoms with E-state index >= 15 is 0 Å². The Morgan fingerprint density at radius 3 is 2.25 bits per heavy atom. The minimum atomic E-state index is -0.864. The number of carbonyl (C=O) groups excluding carboxylic acids is 2. The van der Waals surface area contributed by atoms with Gasteiger partial charge in [0.05, 0.1) is 33.1 Å². The molecule has 1 atom stereocenters. The molecule has 0 fully saturated rings. The van der Waals surface area contributed by atoms with E-state index in [9.17, 15) is 9.59 Å². The van der Waals surface area contributed by atoms with Crippen LogP contribution in [-0.2, 0) is 4.79 Å². The maximum Gasteiger partial charge on any atom is 0.343 e. The summed E-state index contributed by atoms with van der Waals surface area (Å²) in [7, 11) is 4.40. The summed E-state index contributed by atoms with van der Waals surface area (Å²) in [5.41, 5.74) is 3.27. The largest absolute Gasteiger partial charge is 0.493 e. The average Bonchev–Trinajstić information content (AvgIpc) is 2.99. The molecule has 1 aliphatic heterocycles. The summed E-state index contributed by atoms with van der Waals surface area (Å²) in [6, 6.07) is 21.2. The van der Waals surface area contributed by atoms with Gasteiger partial charge >= 0.3 is 5.97 Å². The van der Waals surface area contributed by atoms with Gasteiger partial charge in [0.25, 0.3) is 5.91 Å². The second kappa shape index (κ2) is 11.6. The smallest absolute Gasteiger partial charge is 0.343 e. The summed E-state index contributed by atoms with van der Waals surface area (Å²) in [6.07, 6.45) is 0.566. The van der Waals surface area contributed by atoms with Crippen molar-refractivity contribution in [3.05, 3.63) is 83.9 Å². The van der Waals surface area contributed by atoms with Gasteiger partial charge < -0.3 is 28.4 Å². The first-order valence-electron chi connectivity index (χ1n) is 12.3. The number of fused-ring (bicyclic) bond motifs is 2. The molecule has 0 radical (unpaired) electrons. The number of ether oxygens (including phenoxy) is 6. The summed E-state index contributed by atoms with van der Waals surface area (Å²) in [4.78, 5) is 25.5. The summed E-state index contributed by atoms with van der Waals surface area (Å²) in [5.74, 6) is 1.31. The molecule has 10 heteroatoms. The molecular formula is C30H26N2O8. The average molecular weight is 543 g/mol. The standard InChI is InChI=1S/C30H26N2O8/c1-35-25-14-21(15-26(36-2)28(25)37-3)30(34)39-22-10-6-7-18(11-22)16-31-32-29(33)27-17-38-23-12-19-8-4-5-9-20(19)13-24(23)40-27/h4-16,27H,17H2,1-3H3,(H,32,33)/t27-/m1/s1. The van der Waals surface area contributed by atoms with E-state index in [0.717, 1.165) is 10.8 Å². The number of benzene rings is 4. The number of nitrogens with zero attached hydrogens (tertiary/aromatic N) is 1. The Bertz CT molecular complexity index is 1580. The Labute approximate surface area is 230 Å². The number of amides is 1. The third kappa shape index (κ3) is 5.60. The highest BCUT2D eigenvalue weighted by atomic mass is 16.6. The van der Waals surface area contributed by atoms with Gasteiger partial charge in [-0.25, -0.2) is 10.2 Å². The van der Waals surface area contributed by atoms with Crippen LogP contribution in [0.4, 0.5) is 0 Å². The summed E-state index contributed by atoms with van der Waals surface area (Å²) >= 11 is 0. The van der Waals surface area contributed by atoms with E-state index in [4.69, 9.17) is 28.4 Å². The van der Waals surface area contributed by atoms with Gasteiger partial charge in [-0.05, 0) is 52.7 Å². The Kier molecular flexibility index (Phi) is 7.68. The van der Waals surface area contributed by atoms with Gasteiger partial charge in [0.1, 0.15) is 12.4 Å². The number of hydrogen-bond donors (Lipinski definition) is 1. The van der Waals surface area contributed by atoms with Gasteiger partial charge in [-0.1, -0.05) is 36.4 Å². The molecular weight excluding hydrogens is 516 g/mol. The maximum atomic E-state index is 12.8. The zero-order chi connectivity index (χ0) is 28.1. The lowest BCUT2D eigenvalue weighted by Crippen LogP contribution is -2.42. The maximum absolute atomic E-state index is 12.8. The molecule has 204 valence electrons. The summed E-state index contributed by atoms with van der Waals surface area (Å²) in [5, 5.41) is 6.02. The van der Waals surface area contributed by atoms with Crippen LogP contribution in [0.25, 0.3) is 10.8 Å². The van der Waals surface area contributed by atoms with Crippen molar-refractivity contribution < 1.29 is 38.0 Å². The molecule has 0 bridgehead atoms. The van der Waals surface area contributed by atoms with Crippen LogP contribution in [0.15, 0.2) is 77.9 Å². The number of nitrogens with one attached hydrogen (secondary N) is 1. The molecule has 0 aliphatic carbocycles. The quantitative estimate of drug-likeness (QED) is 0.151. The summed E-state index contributed by atoms with van der Waals surface area (Å²) in [6.45, 7) is 0.0546. The van der Waals surface area contributed by atoms with Crippen LogP contribution < -0.4 is 33.8 Å². The van der Waals surface area contributed by atoms with Gasteiger partial charge in [-0.3, -0.25) is 4.79 Å². The number of hydrazone groups is 1. The van der Waals surface area contributed by atoms with Crippen molar-refractivity contribution in [1.82, 2.24) is 5.43 Å². The van der Waals surface area contributed by atoms with Crippen molar-refractivity contribution in [2.75, 3.05) is 27.9 Å². The van der Waals surface area contributed by atoms with Gasteiger partial charge in [0.2, 0.25) is 11.9 Å². The van der Waals surface area contributed by atoms with E-state index in [1.807, 2.05) is 36.4 Å². The predicted molar refractivity (Wildman–Crippen MR) is 147 cm³/mol. The molecule has 1 heterocycles. The third-order valence-corrected chi connectivity index (χ3v) is 6.12. The highest BCUT2D eigenvalue weighted by Crippen LogP contribution is 2.38. The minimum absolute atomic E-state index is 0.0546. The van der Waals surface area contributed by atoms with E-state index in [-0.39, 0.29) is 17.9 Å². The molecule has 4 aromatic rings. The molecule has 0 aromatic heterocycles. The summed E-state index contributed by atoms with van der Waals surface area (Å²) < 4.78 is 33.0. The normalized spacial score (nSPS) is 14.0. The van der Waals surface area contributed by atoms with Crippen molar-refractivity contribution in [1.29, 1.82) is 0 Å². The van der Waals surface area contributed by atoms with Crippen LogP contribution in [0, 0.1) is 0 Å². The van der Waals surface area contributed by atoms with Crippen molar-refractivity contribution in [3.8, 4) is 34.5 Å². The fourth-order valence-corrected chi connectivity index (χ4v) is 4.15. The number of esters is 1. The lowest BCUT2D eigenvalue weighted by Gasteiger charge is -2.25. The zero-order valence-corrected chi connectivity index (χ0v) is 22.0. The molecule has 1 amide bonds. The molecule has 0 spiro atoms. The molecule has 10 nitrogen and oxygen atoms in total. The van der Waals surface area contributed by atoms with E-state index in [1.54, 1.807) is 24.3 Å². The molecule has 0 unspecified atom stereocenters. The molecule has 5 rings (SSSR count). The molecule has 0 saturated carbocycles. The topological polar surface area (TPSA) is 114 Å². The minimum Gasteiger partial charge on any atom is -0.493 e. The van der Waals surface area contributed by atoms with Gasteiger partial charge in [0, 0.05) is 0 Å². The fourth-order valence-electron chi connectivity index (χ4n) is 4.15. The second-order valence-corrected chi connectivity index (χ2v) is 8.67. The first kappa shape index (κ1) is 26.4. The van der Waals surface area contributed by atoms with Crippen molar-refractivity contribution >= 4 is 28.9 Å². The SMILES string of the molecule is COc1cc(C(=O)Oc2cccc(C=NNC(=O)[C@H]3COc4cc5ccccc5cc4O3)c2)cc(OC)c1OC. The van der Waals surface area contributed by atoms with E-state index in [0.29, 0.717) is 34.3 Å². The molecule has 40 heavy (non-hydrogen) atoms. The van der Waals surface area contributed by atoms with E-state index in [2.05, 4.69) is 10.5 Å². The van der Waals surface area contributed by atoms with Crippen molar-refractivity contribution in [2.24, 2.45) is 5.10 Å². The highest BCUT2D eigenvalue weighted by molar-refractivity contribution is 5.93. The van der Waals surface area contributed by atoms with Crippen molar-refractivity contribution in [3.63, 3.8) is 0 Å². The number of rotatable bonds is 8. The van der Waals surface area contributed by atoms with Crippen LogP contribution in [-0.4, -0.2) is 52.1 Å². The molecule has 4 aromatic carbocycles. The first-order valence-corrected chi connectivity index (χ1v) is 12.3. The zero-order valence-electron chi connectivity index (χ0n) is 22.0. The molecule has 0 saturated heterocycles. The van der Waals surface area contributed by atoms with Crippen LogP contribution in [0.1, 0.15) is 15.9 Å². The first-order chi connectivity index (χ1) is 19.5. The predicted octanol–water partition coefficient (Wildman–Crippen LogP) is 4.37. The molecule has 1 N–H and O–H groups in total. The Morgan fingerprint density at radius 1 is 0.875 bits per heavy atom. The lowest BCUT2D eigenvalue weighted by molar-refractivity contribution is -0.130. The van der Waals surface area contributed by atoms with Crippen LogP contribution in [0.5, 0.6) is 34.5 Å². The second-order valence-electron chi connectivity index (χ2n) is 8.67. The highest BCUT2D eigenvalue weighted by Gasteiger charge is 2.27. The lowest BCUT2D eigenvalue weighted by atomic mass is 10.1. The monoisotopic (exact) mass is 542 g/mol. The van der Waals surface area contributed by atoms with Crippen molar-refractivity contribution in [2.45, 2.75) is 6.10 Å². The van der Waals surface area contributed by atoms with Gasteiger partial charge in [0.15, 0.2) is 23.0 Å². The number of methoxy groups -OCH3 is 3. The Balaban J connectivity index is 1.21. The Hall–Kier alpha value is -5.25. The van der Waals surface area contributed by atoms with Gasteiger partial charge in [-0.2, -0.15) is 5.10 Å². The van der Waals surface area contributed by atoms with E-state index in [1.165, 1.54) is 39.7 Å². The Morgan fingerprint density at radius 2 is 1.57 bits per heavy atom. The van der Waals surface area contributed by atoms with Crippen LogP contribution in [0.2, 0.25) is 0 Å². The third-order valence-electron chi connectivity index (χ3n) is 6.12. The van der Waals surface area contributed by atoms with Crippen LogP contribution in [0.3, 0.4) is 0 Å². The van der Waals surface area contributed by atoms with Crippen LogP contribution >= 0.6 is 0 Å². The molecule has 1 aliphatic rings. The van der Waals surface area contributed by atoms with Gasteiger partial charge in [-0.15, -0.1) is 0 Å².